The lowest BCUT2D eigenvalue weighted by Crippen LogP contribution is -2.21. The number of hydrogen-bond donors (Lipinski definition) is 2. The van der Waals surface area contributed by atoms with E-state index in [2.05, 4.69) is 4.90 Å². The molecule has 1 amide bonds. The first-order chi connectivity index (χ1) is 17.0. The SMILES string of the molecule is O=C(/C=C/c1ccn(S(=O)(=O)c2ccc(-c3ccc(OCCCN4CCCC4)cc3)cc2)c1)NO. The zero-order valence-corrected chi connectivity index (χ0v) is 20.2. The van der Waals surface area contributed by atoms with Crippen LogP contribution in [0.25, 0.3) is 17.2 Å². The molecule has 2 aromatic carbocycles. The summed E-state index contributed by atoms with van der Waals surface area (Å²) in [5.74, 6) is 0.122. The van der Waals surface area contributed by atoms with Crippen molar-refractivity contribution in [2.45, 2.75) is 24.2 Å². The van der Waals surface area contributed by atoms with Crippen LogP contribution in [-0.2, 0) is 14.8 Å². The molecule has 184 valence electrons. The fraction of sp³-hybridized carbons (Fsp3) is 0.269. The van der Waals surface area contributed by atoms with Gasteiger partial charge in [-0.2, -0.15) is 0 Å². The van der Waals surface area contributed by atoms with E-state index >= 15 is 0 Å². The van der Waals surface area contributed by atoms with Crippen LogP contribution in [0.15, 0.2) is 78.0 Å². The molecule has 2 N–H and O–H groups in total. The van der Waals surface area contributed by atoms with Crippen molar-refractivity contribution in [3.8, 4) is 16.9 Å². The monoisotopic (exact) mass is 495 g/mol. The van der Waals surface area contributed by atoms with Gasteiger partial charge in [-0.05, 0) is 85.5 Å². The molecule has 2 heterocycles. The number of carbonyl (C=O) groups is 1. The van der Waals surface area contributed by atoms with Crippen LogP contribution < -0.4 is 10.2 Å². The third-order valence-electron chi connectivity index (χ3n) is 5.93. The van der Waals surface area contributed by atoms with Crippen LogP contribution in [0.1, 0.15) is 24.8 Å². The van der Waals surface area contributed by atoms with Crippen LogP contribution in [0.2, 0.25) is 0 Å². The molecule has 1 aromatic heterocycles. The fourth-order valence-electron chi connectivity index (χ4n) is 4.02. The van der Waals surface area contributed by atoms with E-state index in [0.717, 1.165) is 39.9 Å². The lowest BCUT2D eigenvalue weighted by molar-refractivity contribution is -0.124. The predicted octanol–water partition coefficient (Wildman–Crippen LogP) is 3.78. The van der Waals surface area contributed by atoms with Crippen molar-refractivity contribution >= 4 is 22.0 Å². The lowest BCUT2D eigenvalue weighted by Gasteiger charge is -2.14. The molecule has 35 heavy (non-hydrogen) atoms. The van der Waals surface area contributed by atoms with Crippen LogP contribution in [0.4, 0.5) is 0 Å². The second kappa shape index (κ2) is 11.4. The van der Waals surface area contributed by atoms with Crippen molar-refractivity contribution in [2.75, 3.05) is 26.2 Å². The largest absolute Gasteiger partial charge is 0.494 e. The molecule has 0 saturated carbocycles. The number of nitrogens with one attached hydrogen (secondary N) is 1. The number of carbonyl (C=O) groups excluding carboxylic acids is 1. The summed E-state index contributed by atoms with van der Waals surface area (Å²) in [6.45, 7) is 4.16. The van der Waals surface area contributed by atoms with Crippen LogP contribution >= 0.6 is 0 Å². The lowest BCUT2D eigenvalue weighted by atomic mass is 10.1. The van der Waals surface area contributed by atoms with Crippen LogP contribution in [0.3, 0.4) is 0 Å². The second-order valence-electron chi connectivity index (χ2n) is 8.39. The summed E-state index contributed by atoms with van der Waals surface area (Å²) < 4.78 is 32.8. The fourth-order valence-corrected chi connectivity index (χ4v) is 5.22. The molecule has 3 aromatic rings. The Morgan fingerprint density at radius 1 is 1.00 bits per heavy atom. The maximum absolute atomic E-state index is 12.9. The molecule has 0 spiro atoms. The van der Waals surface area contributed by atoms with Gasteiger partial charge in [-0.3, -0.25) is 10.0 Å². The minimum Gasteiger partial charge on any atom is -0.494 e. The van der Waals surface area contributed by atoms with E-state index in [1.807, 2.05) is 24.3 Å². The van der Waals surface area contributed by atoms with Crippen LogP contribution in [0, 0.1) is 0 Å². The number of nitrogens with zero attached hydrogens (tertiary/aromatic N) is 2. The van der Waals surface area contributed by atoms with Gasteiger partial charge in [-0.25, -0.2) is 17.9 Å². The Morgan fingerprint density at radius 3 is 2.31 bits per heavy atom. The number of hydroxylamine groups is 1. The van der Waals surface area contributed by atoms with Gasteiger partial charge in [0.1, 0.15) is 5.75 Å². The quantitative estimate of drug-likeness (QED) is 0.192. The van der Waals surface area contributed by atoms with Gasteiger partial charge in [0.25, 0.3) is 15.9 Å². The van der Waals surface area contributed by atoms with Gasteiger partial charge in [0.15, 0.2) is 0 Å². The molecular formula is C26H29N3O5S. The minimum absolute atomic E-state index is 0.151. The Bertz CT molecular complexity index is 1260. The first kappa shape index (κ1) is 24.7. The Labute approximate surface area is 205 Å². The molecule has 9 heteroatoms. The number of likely N-dealkylation sites (tertiary alicyclic amines) is 1. The maximum atomic E-state index is 12.9. The van der Waals surface area contributed by atoms with Gasteiger partial charge in [-0.1, -0.05) is 24.3 Å². The minimum atomic E-state index is -3.78. The highest BCUT2D eigenvalue weighted by molar-refractivity contribution is 7.90. The van der Waals surface area contributed by atoms with Gasteiger partial charge in [0.2, 0.25) is 0 Å². The van der Waals surface area contributed by atoms with Crippen molar-refractivity contribution in [3.05, 3.63) is 78.6 Å². The van der Waals surface area contributed by atoms with Crippen molar-refractivity contribution in [3.63, 3.8) is 0 Å². The van der Waals surface area contributed by atoms with Crippen LogP contribution in [0.5, 0.6) is 5.75 Å². The van der Waals surface area contributed by atoms with E-state index in [9.17, 15) is 13.2 Å². The van der Waals surface area contributed by atoms with E-state index in [0.29, 0.717) is 12.2 Å². The maximum Gasteiger partial charge on any atom is 0.267 e. The van der Waals surface area contributed by atoms with Crippen molar-refractivity contribution in [2.24, 2.45) is 0 Å². The molecule has 1 aliphatic heterocycles. The number of benzene rings is 2. The standard InChI is InChI=1S/C26H29N3O5S/c30-26(27-31)13-4-21-14-18-29(20-21)35(32,33)25-11-7-23(8-12-25)22-5-9-24(10-6-22)34-19-3-17-28-15-1-2-16-28/h4-14,18,20,31H,1-3,15-17,19H2,(H,27,30)/b13-4+. The van der Waals surface area contributed by atoms with E-state index < -0.39 is 15.9 Å². The van der Waals surface area contributed by atoms with E-state index in [1.165, 1.54) is 49.9 Å². The highest BCUT2D eigenvalue weighted by atomic mass is 32.2. The number of rotatable bonds is 10. The van der Waals surface area contributed by atoms with Gasteiger partial charge >= 0.3 is 0 Å². The Morgan fingerprint density at radius 2 is 1.66 bits per heavy atom. The molecular weight excluding hydrogens is 466 g/mol. The molecule has 8 nitrogen and oxygen atoms in total. The second-order valence-corrected chi connectivity index (χ2v) is 10.2. The smallest absolute Gasteiger partial charge is 0.267 e. The molecule has 1 fully saturated rings. The first-order valence-corrected chi connectivity index (χ1v) is 13.0. The number of ether oxygens (including phenoxy) is 1. The molecule has 0 aliphatic carbocycles. The number of amides is 1. The van der Waals surface area contributed by atoms with E-state index in [4.69, 9.17) is 9.94 Å². The normalized spacial score (nSPS) is 14.4. The zero-order chi connectivity index (χ0) is 24.7. The zero-order valence-electron chi connectivity index (χ0n) is 19.3. The van der Waals surface area contributed by atoms with Gasteiger partial charge in [-0.15, -0.1) is 0 Å². The highest BCUT2D eigenvalue weighted by Gasteiger charge is 2.16. The first-order valence-electron chi connectivity index (χ1n) is 11.6. The summed E-state index contributed by atoms with van der Waals surface area (Å²) in [7, 11) is -3.78. The van der Waals surface area contributed by atoms with Gasteiger partial charge in [0, 0.05) is 25.0 Å². The summed E-state index contributed by atoms with van der Waals surface area (Å²) in [5, 5.41) is 8.53. The molecule has 4 rings (SSSR count). The number of aromatic nitrogens is 1. The summed E-state index contributed by atoms with van der Waals surface area (Å²) in [6.07, 6.45) is 8.92. The average molecular weight is 496 g/mol. The van der Waals surface area contributed by atoms with Crippen LogP contribution in [-0.4, -0.2) is 54.6 Å². The summed E-state index contributed by atoms with van der Waals surface area (Å²) in [4.78, 5) is 13.7. The van der Waals surface area contributed by atoms with Crippen molar-refractivity contribution in [1.82, 2.24) is 14.4 Å². The molecule has 0 bridgehead atoms. The molecule has 0 atom stereocenters. The molecule has 0 unspecified atom stereocenters. The topological polar surface area (TPSA) is 101 Å². The number of hydrogen-bond acceptors (Lipinski definition) is 6. The molecule has 1 saturated heterocycles. The van der Waals surface area contributed by atoms with Gasteiger partial charge in [0.05, 0.1) is 11.5 Å². The van der Waals surface area contributed by atoms with Gasteiger partial charge < -0.3 is 9.64 Å². The van der Waals surface area contributed by atoms with E-state index in [1.54, 1.807) is 30.3 Å². The molecule has 0 radical (unpaired) electrons. The Kier molecular flexibility index (Phi) is 8.02. The van der Waals surface area contributed by atoms with Crippen molar-refractivity contribution in [1.29, 1.82) is 0 Å². The Hall–Kier alpha value is -3.40. The third kappa shape index (κ3) is 6.39. The average Bonchev–Trinajstić information content (AvgIpc) is 3.58. The molecule has 1 aliphatic rings. The summed E-state index contributed by atoms with van der Waals surface area (Å²) in [6, 6.07) is 16.0. The summed E-state index contributed by atoms with van der Waals surface area (Å²) in [5.41, 5.74) is 3.85. The third-order valence-corrected chi connectivity index (χ3v) is 7.58. The predicted molar refractivity (Wildman–Crippen MR) is 134 cm³/mol. The highest BCUT2D eigenvalue weighted by Crippen LogP contribution is 2.25. The van der Waals surface area contributed by atoms with Crippen molar-refractivity contribution < 1.29 is 23.2 Å². The van der Waals surface area contributed by atoms with E-state index in [-0.39, 0.29) is 4.90 Å². The Balaban J connectivity index is 1.36. The summed E-state index contributed by atoms with van der Waals surface area (Å²) >= 11 is 0.